The molecule has 0 aromatic heterocycles. The van der Waals surface area contributed by atoms with E-state index in [2.05, 4.69) is 0 Å². The summed E-state index contributed by atoms with van der Waals surface area (Å²) in [5.74, 6) is -14.7. The Morgan fingerprint density at radius 2 is 1.24 bits per heavy atom. The minimum Gasteiger partial charge on any atom is -0.481 e. The first-order valence-electron chi connectivity index (χ1n) is 5.65. The van der Waals surface area contributed by atoms with Gasteiger partial charge < -0.3 is 5.11 Å². The molecule has 0 radical (unpaired) electrons. The zero-order chi connectivity index (χ0) is 15.7. The van der Waals surface area contributed by atoms with E-state index < -0.39 is 46.5 Å². The number of benzene rings is 2. The number of carboxylic acid groups (broad SMARTS) is 1. The van der Waals surface area contributed by atoms with E-state index in [1.807, 2.05) is 0 Å². The van der Waals surface area contributed by atoms with Gasteiger partial charge in [0.05, 0.1) is 0 Å². The fraction of sp³-hybridized carbons (Fsp3) is 0.0714. The van der Waals surface area contributed by atoms with Gasteiger partial charge in [-0.25, -0.2) is 22.0 Å². The summed E-state index contributed by atoms with van der Waals surface area (Å²) in [5, 5.41) is 9.11. The quantitative estimate of drug-likeness (QED) is 0.534. The maximum atomic E-state index is 13.7. The molecule has 1 atom stereocenters. The highest BCUT2D eigenvalue weighted by molar-refractivity contribution is 5.80. The highest BCUT2D eigenvalue weighted by Crippen LogP contribution is 2.33. The van der Waals surface area contributed by atoms with Gasteiger partial charge in [0.1, 0.15) is 5.92 Å². The van der Waals surface area contributed by atoms with E-state index in [1.165, 1.54) is 30.3 Å². The average molecular weight is 302 g/mol. The number of aliphatic carboxylic acids is 1. The Bertz CT molecular complexity index is 671. The van der Waals surface area contributed by atoms with Gasteiger partial charge >= 0.3 is 5.97 Å². The lowest BCUT2D eigenvalue weighted by Crippen LogP contribution is -2.19. The highest BCUT2D eigenvalue weighted by atomic mass is 19.2. The van der Waals surface area contributed by atoms with Gasteiger partial charge in [-0.15, -0.1) is 0 Å². The van der Waals surface area contributed by atoms with E-state index in [9.17, 15) is 26.7 Å². The standard InChI is InChI=1S/C14H7F5O2/c15-9-8(10(16)12(18)13(19)11(9)17)7(14(20)21)6-4-2-1-3-5-6/h1-5,7H,(H,20,21). The molecule has 0 saturated heterocycles. The van der Waals surface area contributed by atoms with Crippen molar-refractivity contribution >= 4 is 5.97 Å². The molecule has 0 amide bonds. The van der Waals surface area contributed by atoms with Gasteiger partial charge in [-0.2, -0.15) is 0 Å². The summed E-state index contributed by atoms with van der Waals surface area (Å²) >= 11 is 0. The number of halogens is 5. The van der Waals surface area contributed by atoms with Crippen LogP contribution in [-0.2, 0) is 4.79 Å². The maximum Gasteiger partial charge on any atom is 0.315 e. The van der Waals surface area contributed by atoms with Crippen molar-refractivity contribution in [2.75, 3.05) is 0 Å². The topological polar surface area (TPSA) is 37.3 Å². The molecule has 2 aromatic carbocycles. The largest absolute Gasteiger partial charge is 0.481 e. The summed E-state index contributed by atoms with van der Waals surface area (Å²) in [6, 6.07) is 6.73. The highest BCUT2D eigenvalue weighted by Gasteiger charge is 2.34. The van der Waals surface area contributed by atoms with Crippen molar-refractivity contribution in [3.63, 3.8) is 0 Å². The minimum atomic E-state index is -2.33. The van der Waals surface area contributed by atoms with Crippen LogP contribution in [0.1, 0.15) is 17.0 Å². The first-order chi connectivity index (χ1) is 9.86. The molecule has 0 aliphatic heterocycles. The van der Waals surface area contributed by atoms with Gasteiger partial charge in [0.15, 0.2) is 23.3 Å². The fourth-order valence-electron chi connectivity index (χ4n) is 1.95. The van der Waals surface area contributed by atoms with E-state index >= 15 is 0 Å². The monoisotopic (exact) mass is 302 g/mol. The van der Waals surface area contributed by atoms with Crippen molar-refractivity contribution in [3.8, 4) is 0 Å². The zero-order valence-electron chi connectivity index (χ0n) is 10.2. The first-order valence-corrected chi connectivity index (χ1v) is 5.65. The van der Waals surface area contributed by atoms with E-state index in [0.29, 0.717) is 0 Å². The number of rotatable bonds is 3. The summed E-state index contributed by atoms with van der Waals surface area (Å²) in [6.07, 6.45) is 0. The molecule has 0 aliphatic rings. The van der Waals surface area contributed by atoms with Gasteiger partial charge in [-0.05, 0) is 5.56 Å². The predicted octanol–water partition coefficient (Wildman–Crippen LogP) is 3.60. The summed E-state index contributed by atoms with van der Waals surface area (Å²) in [5.41, 5.74) is -1.49. The van der Waals surface area contributed by atoms with Gasteiger partial charge in [-0.3, -0.25) is 4.79 Å². The van der Waals surface area contributed by atoms with E-state index in [4.69, 9.17) is 5.11 Å². The van der Waals surface area contributed by atoms with E-state index in [1.54, 1.807) is 0 Å². The molecule has 2 nitrogen and oxygen atoms in total. The lowest BCUT2D eigenvalue weighted by Gasteiger charge is -2.16. The Labute approximate surface area is 115 Å². The molecule has 2 aromatic rings. The molecule has 0 aliphatic carbocycles. The Morgan fingerprint density at radius 1 is 0.810 bits per heavy atom. The van der Waals surface area contributed by atoms with Crippen molar-refractivity contribution in [2.45, 2.75) is 5.92 Å². The normalized spacial score (nSPS) is 12.2. The van der Waals surface area contributed by atoms with Crippen LogP contribution in [0.4, 0.5) is 22.0 Å². The second-order valence-corrected chi connectivity index (χ2v) is 4.17. The third-order valence-corrected chi connectivity index (χ3v) is 2.91. The van der Waals surface area contributed by atoms with Gasteiger partial charge in [-0.1, -0.05) is 30.3 Å². The first kappa shape index (κ1) is 15.0. The van der Waals surface area contributed by atoms with Crippen LogP contribution >= 0.6 is 0 Å². The molecule has 0 saturated carbocycles. The molecule has 0 bridgehead atoms. The van der Waals surface area contributed by atoms with Crippen LogP contribution < -0.4 is 0 Å². The summed E-state index contributed by atoms with van der Waals surface area (Å²) < 4.78 is 66.8. The molecule has 0 heterocycles. The van der Waals surface area contributed by atoms with Crippen LogP contribution in [-0.4, -0.2) is 11.1 Å². The van der Waals surface area contributed by atoms with Crippen molar-refractivity contribution in [2.24, 2.45) is 0 Å². The molecule has 0 spiro atoms. The summed E-state index contributed by atoms with van der Waals surface area (Å²) in [4.78, 5) is 11.2. The Balaban J connectivity index is 2.77. The predicted molar refractivity (Wildman–Crippen MR) is 62.2 cm³/mol. The Hall–Kier alpha value is -2.44. The van der Waals surface area contributed by atoms with Crippen LogP contribution in [0.25, 0.3) is 0 Å². The van der Waals surface area contributed by atoms with Gasteiger partial charge in [0, 0.05) is 5.56 Å². The molecule has 1 unspecified atom stereocenters. The fourth-order valence-corrected chi connectivity index (χ4v) is 1.95. The zero-order valence-corrected chi connectivity index (χ0v) is 10.2. The van der Waals surface area contributed by atoms with E-state index in [0.717, 1.165) is 0 Å². The molecule has 1 N–H and O–H groups in total. The van der Waals surface area contributed by atoms with Crippen LogP contribution in [0, 0.1) is 29.1 Å². The second kappa shape index (κ2) is 5.51. The third-order valence-electron chi connectivity index (χ3n) is 2.91. The number of carbonyl (C=O) groups is 1. The second-order valence-electron chi connectivity index (χ2n) is 4.17. The van der Waals surface area contributed by atoms with Crippen LogP contribution in [0.5, 0.6) is 0 Å². The van der Waals surface area contributed by atoms with Crippen LogP contribution in [0.2, 0.25) is 0 Å². The average Bonchev–Trinajstić information content (AvgIpc) is 2.48. The lowest BCUT2D eigenvalue weighted by atomic mass is 9.90. The molecule has 21 heavy (non-hydrogen) atoms. The van der Waals surface area contributed by atoms with Crippen molar-refractivity contribution in [3.05, 3.63) is 70.5 Å². The van der Waals surface area contributed by atoms with E-state index in [-0.39, 0.29) is 5.56 Å². The Morgan fingerprint density at radius 3 is 1.67 bits per heavy atom. The van der Waals surface area contributed by atoms with Gasteiger partial charge in [0.2, 0.25) is 5.82 Å². The lowest BCUT2D eigenvalue weighted by molar-refractivity contribution is -0.137. The van der Waals surface area contributed by atoms with Crippen molar-refractivity contribution < 1.29 is 31.9 Å². The number of carboxylic acids is 1. The maximum absolute atomic E-state index is 13.7. The number of hydrogen-bond acceptors (Lipinski definition) is 1. The van der Waals surface area contributed by atoms with Gasteiger partial charge in [0.25, 0.3) is 0 Å². The summed E-state index contributed by atoms with van der Waals surface area (Å²) in [6.45, 7) is 0. The molecule has 2 rings (SSSR count). The summed E-state index contributed by atoms with van der Waals surface area (Å²) in [7, 11) is 0. The smallest absolute Gasteiger partial charge is 0.315 e. The molecular formula is C14H7F5O2. The molecule has 7 heteroatoms. The molecule has 0 fully saturated rings. The SMILES string of the molecule is O=C(O)C(c1ccccc1)c1c(F)c(F)c(F)c(F)c1F. The minimum absolute atomic E-state index is 0.104. The molecule has 110 valence electrons. The Kier molecular flexibility index (Phi) is 3.93. The van der Waals surface area contributed by atoms with Crippen LogP contribution in [0.15, 0.2) is 30.3 Å². The van der Waals surface area contributed by atoms with Crippen molar-refractivity contribution in [1.29, 1.82) is 0 Å². The number of hydrogen-bond donors (Lipinski definition) is 1. The van der Waals surface area contributed by atoms with Crippen LogP contribution in [0.3, 0.4) is 0 Å². The van der Waals surface area contributed by atoms with Crippen molar-refractivity contribution in [1.82, 2.24) is 0 Å². The third kappa shape index (κ3) is 2.46. The molecular weight excluding hydrogens is 295 g/mol.